The van der Waals surface area contributed by atoms with Gasteiger partial charge in [-0.3, -0.25) is 4.79 Å². The molecule has 0 spiro atoms. The second-order valence-electron chi connectivity index (χ2n) is 5.23. The number of carbonyl (C=O) groups is 1. The molecule has 8 heteroatoms. The van der Waals surface area contributed by atoms with Crippen molar-refractivity contribution in [3.8, 4) is 17.3 Å². The van der Waals surface area contributed by atoms with E-state index in [-0.39, 0.29) is 11.6 Å². The van der Waals surface area contributed by atoms with Gasteiger partial charge in [0.15, 0.2) is 11.0 Å². The number of hydrogen-bond acceptors (Lipinski definition) is 6. The zero-order chi connectivity index (χ0) is 17.3. The second-order valence-corrected chi connectivity index (χ2v) is 6.17. The van der Waals surface area contributed by atoms with Crippen LogP contribution < -0.4 is 4.74 Å². The monoisotopic (exact) mass is 346 g/mol. The summed E-state index contributed by atoms with van der Waals surface area (Å²) < 4.78 is 20.6. The number of thioether (sulfide) groups is 1. The fourth-order valence-electron chi connectivity index (χ4n) is 2.28. The van der Waals surface area contributed by atoms with Crippen LogP contribution in [0.5, 0.6) is 5.75 Å². The molecule has 0 saturated heterocycles. The maximum atomic E-state index is 13.5. The molecule has 0 aliphatic carbocycles. The predicted octanol–water partition coefficient (Wildman–Crippen LogP) is 2.86. The summed E-state index contributed by atoms with van der Waals surface area (Å²) in [5.41, 5.74) is 1.17. The Morgan fingerprint density at radius 2 is 2.12 bits per heavy atom. The summed E-state index contributed by atoms with van der Waals surface area (Å²) in [6, 6.07) is 6.03. The van der Waals surface area contributed by atoms with Gasteiger partial charge in [-0.2, -0.15) is 0 Å². The van der Waals surface area contributed by atoms with Gasteiger partial charge in [0.1, 0.15) is 23.0 Å². The number of Topliss-reactive ketones (excluding diaryl/α,β-unsaturated/α-hetero) is 1. The SMILES string of the molecule is COc1cc(-c2nnc(SCC(C)=O)n2C)nc2ccc(F)cc12. The van der Waals surface area contributed by atoms with Gasteiger partial charge in [-0.05, 0) is 25.1 Å². The molecule has 124 valence electrons. The number of ether oxygens (including phenoxy) is 1. The molecule has 24 heavy (non-hydrogen) atoms. The van der Waals surface area contributed by atoms with Crippen LogP contribution in [0.2, 0.25) is 0 Å². The number of benzene rings is 1. The number of fused-ring (bicyclic) bond motifs is 1. The number of halogens is 1. The smallest absolute Gasteiger partial charge is 0.191 e. The van der Waals surface area contributed by atoms with Crippen molar-refractivity contribution in [3.05, 3.63) is 30.1 Å². The van der Waals surface area contributed by atoms with Gasteiger partial charge in [-0.15, -0.1) is 10.2 Å². The Kier molecular flexibility index (Phi) is 4.48. The van der Waals surface area contributed by atoms with E-state index in [0.29, 0.717) is 39.1 Å². The summed E-state index contributed by atoms with van der Waals surface area (Å²) in [6.45, 7) is 1.53. The molecule has 0 unspecified atom stereocenters. The second kappa shape index (κ2) is 6.56. The molecule has 3 rings (SSSR count). The highest BCUT2D eigenvalue weighted by Gasteiger charge is 2.16. The third kappa shape index (κ3) is 3.09. The van der Waals surface area contributed by atoms with Crippen LogP contribution >= 0.6 is 11.8 Å². The van der Waals surface area contributed by atoms with Crippen LogP contribution in [0.3, 0.4) is 0 Å². The Labute approximate surface area is 142 Å². The molecule has 2 heterocycles. The highest BCUT2D eigenvalue weighted by molar-refractivity contribution is 7.99. The lowest BCUT2D eigenvalue weighted by atomic mass is 10.1. The van der Waals surface area contributed by atoms with Gasteiger partial charge in [-0.1, -0.05) is 11.8 Å². The van der Waals surface area contributed by atoms with E-state index >= 15 is 0 Å². The molecule has 0 aliphatic heterocycles. The summed E-state index contributed by atoms with van der Waals surface area (Å²) >= 11 is 1.32. The maximum Gasteiger partial charge on any atom is 0.191 e. The third-order valence-corrected chi connectivity index (χ3v) is 4.59. The molecule has 0 aliphatic rings. The zero-order valence-corrected chi connectivity index (χ0v) is 14.2. The summed E-state index contributed by atoms with van der Waals surface area (Å²) in [6.07, 6.45) is 0. The number of rotatable bonds is 5. The van der Waals surface area contributed by atoms with Crippen molar-refractivity contribution in [2.75, 3.05) is 12.9 Å². The molecular weight excluding hydrogens is 331 g/mol. The Morgan fingerprint density at radius 3 is 2.83 bits per heavy atom. The molecule has 1 aromatic carbocycles. The van der Waals surface area contributed by atoms with E-state index in [1.165, 1.54) is 37.9 Å². The van der Waals surface area contributed by atoms with Crippen LogP contribution in [0.4, 0.5) is 4.39 Å². The summed E-state index contributed by atoms with van der Waals surface area (Å²) in [4.78, 5) is 15.6. The zero-order valence-electron chi connectivity index (χ0n) is 13.4. The van der Waals surface area contributed by atoms with Gasteiger partial charge in [-0.25, -0.2) is 9.37 Å². The molecule has 6 nitrogen and oxygen atoms in total. The molecule has 2 aromatic heterocycles. The first-order valence-corrected chi connectivity index (χ1v) is 8.14. The normalized spacial score (nSPS) is 11.0. The van der Waals surface area contributed by atoms with E-state index < -0.39 is 0 Å². The molecule has 0 amide bonds. The van der Waals surface area contributed by atoms with E-state index in [1.54, 1.807) is 23.7 Å². The highest BCUT2D eigenvalue weighted by atomic mass is 32.2. The quantitative estimate of drug-likeness (QED) is 0.662. The molecule has 0 atom stereocenters. The molecule has 0 N–H and O–H groups in total. The van der Waals surface area contributed by atoms with Crippen LogP contribution in [-0.2, 0) is 11.8 Å². The maximum absolute atomic E-state index is 13.5. The van der Waals surface area contributed by atoms with Gasteiger partial charge in [0, 0.05) is 18.5 Å². The van der Waals surface area contributed by atoms with Gasteiger partial charge in [0.2, 0.25) is 0 Å². The summed E-state index contributed by atoms with van der Waals surface area (Å²) in [5.74, 6) is 1.11. The van der Waals surface area contributed by atoms with Crippen molar-refractivity contribution < 1.29 is 13.9 Å². The Balaban J connectivity index is 2.06. The Bertz CT molecular complexity index is 926. The molecular formula is C16H15FN4O2S. The number of nitrogens with zero attached hydrogens (tertiary/aromatic N) is 4. The van der Waals surface area contributed by atoms with E-state index in [0.717, 1.165) is 0 Å². The summed E-state index contributed by atoms with van der Waals surface area (Å²) in [7, 11) is 3.33. The lowest BCUT2D eigenvalue weighted by Gasteiger charge is -2.09. The van der Waals surface area contributed by atoms with Crippen molar-refractivity contribution in [2.45, 2.75) is 12.1 Å². The van der Waals surface area contributed by atoms with Crippen LogP contribution in [0.1, 0.15) is 6.92 Å². The standard InChI is InChI=1S/C16H15FN4O2S/c1-9(22)8-24-16-20-19-15(21(16)2)13-7-14(23-3)11-6-10(17)4-5-12(11)18-13/h4-7H,8H2,1-3H3. The fourth-order valence-corrected chi connectivity index (χ4v) is 2.99. The number of ketones is 1. The fraction of sp³-hybridized carbons (Fsp3) is 0.250. The van der Waals surface area contributed by atoms with E-state index in [2.05, 4.69) is 15.2 Å². The minimum absolute atomic E-state index is 0.0667. The molecule has 3 aromatic rings. The van der Waals surface area contributed by atoms with Gasteiger partial charge in [0.25, 0.3) is 0 Å². The number of aromatic nitrogens is 4. The molecule has 0 bridgehead atoms. The van der Waals surface area contributed by atoms with Gasteiger partial charge in [0.05, 0.1) is 18.4 Å². The Hall–Kier alpha value is -2.48. The average molecular weight is 346 g/mol. The number of hydrogen-bond donors (Lipinski definition) is 0. The lowest BCUT2D eigenvalue weighted by Crippen LogP contribution is -2.00. The van der Waals surface area contributed by atoms with Crippen LogP contribution in [0.15, 0.2) is 29.4 Å². The van der Waals surface area contributed by atoms with Crippen molar-refractivity contribution in [1.82, 2.24) is 19.7 Å². The Morgan fingerprint density at radius 1 is 1.33 bits per heavy atom. The van der Waals surface area contributed by atoms with E-state index in [1.807, 2.05) is 0 Å². The van der Waals surface area contributed by atoms with Crippen molar-refractivity contribution >= 4 is 28.4 Å². The largest absolute Gasteiger partial charge is 0.496 e. The van der Waals surface area contributed by atoms with Gasteiger partial charge < -0.3 is 9.30 Å². The van der Waals surface area contributed by atoms with Gasteiger partial charge >= 0.3 is 0 Å². The summed E-state index contributed by atoms with van der Waals surface area (Å²) in [5, 5.41) is 9.47. The van der Waals surface area contributed by atoms with Crippen molar-refractivity contribution in [1.29, 1.82) is 0 Å². The number of methoxy groups -OCH3 is 1. The first-order valence-electron chi connectivity index (χ1n) is 7.16. The van der Waals surface area contributed by atoms with Crippen molar-refractivity contribution in [2.24, 2.45) is 7.05 Å². The van der Waals surface area contributed by atoms with E-state index in [4.69, 9.17) is 4.74 Å². The van der Waals surface area contributed by atoms with Crippen LogP contribution in [0, 0.1) is 5.82 Å². The number of carbonyl (C=O) groups excluding carboxylic acids is 1. The van der Waals surface area contributed by atoms with Crippen molar-refractivity contribution in [3.63, 3.8) is 0 Å². The minimum atomic E-state index is -0.350. The minimum Gasteiger partial charge on any atom is -0.496 e. The average Bonchev–Trinajstić information content (AvgIpc) is 2.92. The topological polar surface area (TPSA) is 69.9 Å². The predicted molar refractivity (Wildman–Crippen MR) is 89.7 cm³/mol. The highest BCUT2D eigenvalue weighted by Crippen LogP contribution is 2.30. The third-order valence-electron chi connectivity index (χ3n) is 3.42. The van der Waals surface area contributed by atoms with Crippen LogP contribution in [0.25, 0.3) is 22.4 Å². The number of pyridine rings is 1. The molecule has 0 saturated carbocycles. The van der Waals surface area contributed by atoms with Crippen LogP contribution in [-0.4, -0.2) is 38.4 Å². The molecule has 0 radical (unpaired) electrons. The van der Waals surface area contributed by atoms with E-state index in [9.17, 15) is 9.18 Å². The molecule has 0 fully saturated rings. The first-order chi connectivity index (χ1) is 11.5. The first kappa shape index (κ1) is 16.4. The lowest BCUT2D eigenvalue weighted by molar-refractivity contribution is -0.114.